The Morgan fingerprint density at radius 3 is 2.56 bits per heavy atom. The summed E-state index contributed by atoms with van der Waals surface area (Å²) in [4.78, 5) is 0. The lowest BCUT2D eigenvalue weighted by atomic mass is 9.97. The van der Waals surface area contributed by atoms with Gasteiger partial charge in [-0.2, -0.15) is 0 Å². The average molecular weight is 364 g/mol. The van der Waals surface area contributed by atoms with Crippen molar-refractivity contribution in [2.75, 3.05) is 25.6 Å². The second-order valence-electron chi connectivity index (χ2n) is 6.98. The maximum atomic E-state index is 5.80. The minimum absolute atomic E-state index is 0.404. The van der Waals surface area contributed by atoms with Gasteiger partial charge in [-0.3, -0.25) is 0 Å². The Bertz CT molecular complexity index is 875. The number of hydrogen-bond donors (Lipinski definition) is 1. The molecule has 142 valence electrons. The molecular formula is C24H29NO2. The first-order valence-corrected chi connectivity index (χ1v) is 9.74. The van der Waals surface area contributed by atoms with Crippen LogP contribution < -0.4 is 14.8 Å². The molecule has 0 bridgehead atoms. The Kier molecular flexibility index (Phi) is 6.59. The Hall–Kier alpha value is -2.68. The van der Waals surface area contributed by atoms with Crippen LogP contribution in [0.5, 0.6) is 11.5 Å². The second kappa shape index (κ2) is 9.31. The molecular weight excluding hydrogens is 334 g/mol. The fraction of sp³-hybridized carbons (Fsp3) is 0.333. The van der Waals surface area contributed by atoms with Crippen LogP contribution in [0, 0.1) is 0 Å². The number of nitrogens with one attached hydrogen (secondary N) is 1. The van der Waals surface area contributed by atoms with Crippen LogP contribution in [0.25, 0.3) is 10.8 Å². The molecule has 0 aromatic heterocycles. The molecule has 0 aliphatic rings. The molecule has 0 aliphatic carbocycles. The maximum Gasteiger partial charge on any atom is 0.121 e. The summed E-state index contributed by atoms with van der Waals surface area (Å²) in [7, 11) is 1.70. The van der Waals surface area contributed by atoms with E-state index in [1.807, 2.05) is 18.2 Å². The zero-order chi connectivity index (χ0) is 19.1. The summed E-state index contributed by atoms with van der Waals surface area (Å²) in [5.41, 5.74) is 2.43. The number of fused-ring (bicyclic) bond motifs is 1. The number of benzene rings is 3. The molecule has 0 saturated carbocycles. The van der Waals surface area contributed by atoms with E-state index in [2.05, 4.69) is 61.6 Å². The van der Waals surface area contributed by atoms with Crippen LogP contribution in [-0.2, 0) is 0 Å². The molecule has 3 heteroatoms. The van der Waals surface area contributed by atoms with Gasteiger partial charge in [-0.1, -0.05) is 50.6 Å². The van der Waals surface area contributed by atoms with Crippen molar-refractivity contribution in [3.8, 4) is 11.5 Å². The summed E-state index contributed by atoms with van der Waals surface area (Å²) in [6.07, 6.45) is 2.23. The number of hydrogen-bond acceptors (Lipinski definition) is 3. The summed E-state index contributed by atoms with van der Waals surface area (Å²) >= 11 is 0. The SMILES string of the molecule is CCCCOc1cccc(NCC(C)c2ccc3cc(OC)ccc3c2)c1. The van der Waals surface area contributed by atoms with Crippen molar-refractivity contribution in [1.82, 2.24) is 0 Å². The highest BCUT2D eigenvalue weighted by Gasteiger charge is 2.07. The van der Waals surface area contributed by atoms with Crippen molar-refractivity contribution in [2.45, 2.75) is 32.6 Å². The maximum absolute atomic E-state index is 5.80. The Labute approximate surface area is 162 Å². The number of anilines is 1. The lowest BCUT2D eigenvalue weighted by Gasteiger charge is -2.16. The van der Waals surface area contributed by atoms with E-state index in [-0.39, 0.29) is 0 Å². The molecule has 0 radical (unpaired) electrons. The summed E-state index contributed by atoms with van der Waals surface area (Å²) in [5.74, 6) is 2.23. The van der Waals surface area contributed by atoms with Crippen LogP contribution in [0.15, 0.2) is 60.7 Å². The predicted molar refractivity (Wildman–Crippen MR) is 114 cm³/mol. The molecule has 0 amide bonds. The summed E-state index contributed by atoms with van der Waals surface area (Å²) in [6.45, 7) is 6.07. The van der Waals surface area contributed by atoms with Crippen LogP contribution >= 0.6 is 0 Å². The zero-order valence-corrected chi connectivity index (χ0v) is 16.5. The molecule has 1 N–H and O–H groups in total. The first kappa shape index (κ1) is 19.1. The molecule has 3 rings (SSSR count). The molecule has 3 nitrogen and oxygen atoms in total. The van der Waals surface area contributed by atoms with Gasteiger partial charge in [0.2, 0.25) is 0 Å². The lowest BCUT2D eigenvalue weighted by molar-refractivity contribution is 0.309. The van der Waals surface area contributed by atoms with E-state index in [0.717, 1.165) is 43.2 Å². The minimum Gasteiger partial charge on any atom is -0.497 e. The van der Waals surface area contributed by atoms with E-state index < -0.39 is 0 Å². The molecule has 0 spiro atoms. The van der Waals surface area contributed by atoms with Gasteiger partial charge in [0.25, 0.3) is 0 Å². The van der Waals surface area contributed by atoms with E-state index in [4.69, 9.17) is 9.47 Å². The Morgan fingerprint density at radius 2 is 1.74 bits per heavy atom. The third-order valence-electron chi connectivity index (χ3n) is 4.85. The van der Waals surface area contributed by atoms with Gasteiger partial charge in [-0.05, 0) is 52.9 Å². The Balaban J connectivity index is 1.62. The van der Waals surface area contributed by atoms with Gasteiger partial charge in [-0.25, -0.2) is 0 Å². The van der Waals surface area contributed by atoms with E-state index in [9.17, 15) is 0 Å². The fourth-order valence-corrected chi connectivity index (χ4v) is 3.09. The topological polar surface area (TPSA) is 30.5 Å². The van der Waals surface area contributed by atoms with Crippen LogP contribution in [0.4, 0.5) is 5.69 Å². The largest absolute Gasteiger partial charge is 0.497 e. The molecule has 3 aromatic rings. The fourth-order valence-electron chi connectivity index (χ4n) is 3.09. The smallest absolute Gasteiger partial charge is 0.121 e. The van der Waals surface area contributed by atoms with E-state index in [0.29, 0.717) is 5.92 Å². The first-order chi connectivity index (χ1) is 13.2. The predicted octanol–water partition coefficient (Wildman–Crippen LogP) is 6.24. The third-order valence-corrected chi connectivity index (χ3v) is 4.85. The Morgan fingerprint density at radius 1 is 0.926 bits per heavy atom. The van der Waals surface area contributed by atoms with Gasteiger partial charge in [0, 0.05) is 18.3 Å². The van der Waals surface area contributed by atoms with Crippen LogP contribution in [0.1, 0.15) is 38.2 Å². The molecule has 0 saturated heterocycles. The van der Waals surface area contributed by atoms with Gasteiger partial charge in [0.05, 0.1) is 13.7 Å². The van der Waals surface area contributed by atoms with E-state index in [1.54, 1.807) is 7.11 Å². The van der Waals surface area contributed by atoms with Crippen molar-refractivity contribution in [1.29, 1.82) is 0 Å². The average Bonchev–Trinajstić information content (AvgIpc) is 2.71. The van der Waals surface area contributed by atoms with Gasteiger partial charge in [0.15, 0.2) is 0 Å². The van der Waals surface area contributed by atoms with Gasteiger partial charge in [-0.15, -0.1) is 0 Å². The summed E-state index contributed by atoms with van der Waals surface area (Å²) < 4.78 is 11.1. The molecule has 1 atom stereocenters. The van der Waals surface area contributed by atoms with Crippen LogP contribution in [-0.4, -0.2) is 20.3 Å². The number of ether oxygens (including phenoxy) is 2. The van der Waals surface area contributed by atoms with Crippen molar-refractivity contribution in [2.24, 2.45) is 0 Å². The number of methoxy groups -OCH3 is 1. The molecule has 27 heavy (non-hydrogen) atoms. The highest BCUT2D eigenvalue weighted by Crippen LogP contribution is 2.26. The highest BCUT2D eigenvalue weighted by atomic mass is 16.5. The zero-order valence-electron chi connectivity index (χ0n) is 16.5. The summed E-state index contributed by atoms with van der Waals surface area (Å²) in [5, 5.41) is 5.99. The van der Waals surface area contributed by atoms with Crippen LogP contribution in [0.2, 0.25) is 0 Å². The minimum atomic E-state index is 0.404. The van der Waals surface area contributed by atoms with Crippen molar-refractivity contribution >= 4 is 16.5 Å². The summed E-state index contributed by atoms with van der Waals surface area (Å²) in [6, 6.07) is 21.1. The van der Waals surface area contributed by atoms with E-state index in [1.165, 1.54) is 16.3 Å². The third kappa shape index (κ3) is 5.16. The first-order valence-electron chi connectivity index (χ1n) is 9.74. The molecule has 3 aromatic carbocycles. The quantitative estimate of drug-likeness (QED) is 0.456. The lowest BCUT2D eigenvalue weighted by Crippen LogP contribution is -2.10. The highest BCUT2D eigenvalue weighted by molar-refractivity contribution is 5.84. The van der Waals surface area contributed by atoms with Gasteiger partial charge >= 0.3 is 0 Å². The molecule has 0 fully saturated rings. The number of rotatable bonds is 9. The van der Waals surface area contributed by atoms with Crippen molar-refractivity contribution < 1.29 is 9.47 Å². The van der Waals surface area contributed by atoms with Gasteiger partial charge in [0.1, 0.15) is 11.5 Å². The van der Waals surface area contributed by atoms with Crippen molar-refractivity contribution in [3.05, 3.63) is 66.2 Å². The van der Waals surface area contributed by atoms with Gasteiger partial charge < -0.3 is 14.8 Å². The van der Waals surface area contributed by atoms with Crippen molar-refractivity contribution in [3.63, 3.8) is 0 Å². The number of unbranched alkanes of at least 4 members (excludes halogenated alkanes) is 1. The standard InChI is InChI=1S/C24H29NO2/c1-4-5-13-27-24-8-6-7-22(16-24)25-17-18(2)19-9-10-21-15-23(26-3)12-11-20(21)14-19/h6-12,14-16,18,25H,4-5,13,17H2,1-3H3. The molecule has 0 heterocycles. The normalized spacial score (nSPS) is 12.0. The monoisotopic (exact) mass is 363 g/mol. The molecule has 1 unspecified atom stereocenters. The van der Waals surface area contributed by atoms with Crippen LogP contribution in [0.3, 0.4) is 0 Å². The van der Waals surface area contributed by atoms with E-state index >= 15 is 0 Å². The molecule has 0 aliphatic heterocycles. The second-order valence-corrected chi connectivity index (χ2v) is 6.98.